The third-order valence-corrected chi connectivity index (χ3v) is 1.85. The highest BCUT2D eigenvalue weighted by Crippen LogP contribution is 2.26. The van der Waals surface area contributed by atoms with Crippen LogP contribution in [0.4, 0.5) is 5.95 Å². The number of rotatable bonds is 1. The van der Waals surface area contributed by atoms with Crippen LogP contribution in [-0.4, -0.2) is 22.2 Å². The summed E-state index contributed by atoms with van der Waals surface area (Å²) in [6, 6.07) is 4.73. The zero-order chi connectivity index (χ0) is 10.1. The van der Waals surface area contributed by atoms with Crippen LogP contribution >= 0.6 is 0 Å². The number of methoxy groups -OCH3 is 1. The van der Waals surface area contributed by atoms with Crippen molar-refractivity contribution in [2.75, 3.05) is 12.8 Å². The summed E-state index contributed by atoms with van der Waals surface area (Å²) < 4.78 is 5.02. The topological polar surface area (TPSA) is 81.3 Å². The average Bonchev–Trinajstić information content (AvgIpc) is 2.17. The molecule has 1 aromatic carbocycles. The van der Waals surface area contributed by atoms with E-state index in [0.29, 0.717) is 16.8 Å². The first-order chi connectivity index (χ1) is 6.70. The smallest absolute Gasteiger partial charge is 0.226 e. The lowest BCUT2D eigenvalue weighted by molar-refractivity contribution is 0.403. The molecule has 3 N–H and O–H groups in total. The molecule has 72 valence electrons. The molecule has 5 heteroatoms. The second-order valence-electron chi connectivity index (χ2n) is 2.79. The Morgan fingerprint density at radius 3 is 2.86 bits per heavy atom. The van der Waals surface area contributed by atoms with E-state index in [1.165, 1.54) is 19.2 Å². The number of aromatic nitrogens is 2. The lowest BCUT2D eigenvalue weighted by atomic mass is 10.2. The van der Waals surface area contributed by atoms with Crippen molar-refractivity contribution in [1.29, 1.82) is 0 Å². The molecule has 0 atom stereocenters. The Balaban J connectivity index is 2.81. The third-order valence-electron chi connectivity index (χ3n) is 1.85. The van der Waals surface area contributed by atoms with Crippen molar-refractivity contribution in [1.82, 2.24) is 9.97 Å². The number of hydrogen-bond donors (Lipinski definition) is 2. The zero-order valence-electron chi connectivity index (χ0n) is 7.56. The molecule has 14 heavy (non-hydrogen) atoms. The normalized spacial score (nSPS) is 10.4. The van der Waals surface area contributed by atoms with Crippen molar-refractivity contribution in [2.45, 2.75) is 0 Å². The standard InChI is InChI=1S/C9H9N3O2/c1-14-8-6-4-5(13)2-3-7(6)11-9(10)12-8/h2-4,13H,1H3,(H2,10,11,12). The van der Waals surface area contributed by atoms with Gasteiger partial charge in [0.1, 0.15) is 5.75 Å². The maximum absolute atomic E-state index is 9.28. The van der Waals surface area contributed by atoms with Gasteiger partial charge in [0.2, 0.25) is 11.8 Å². The zero-order valence-corrected chi connectivity index (χ0v) is 7.56. The summed E-state index contributed by atoms with van der Waals surface area (Å²) in [6.45, 7) is 0. The molecule has 0 aliphatic rings. The van der Waals surface area contributed by atoms with Crippen LogP contribution in [0.5, 0.6) is 11.6 Å². The first-order valence-corrected chi connectivity index (χ1v) is 4.01. The lowest BCUT2D eigenvalue weighted by Crippen LogP contribution is -1.98. The van der Waals surface area contributed by atoms with Gasteiger partial charge < -0.3 is 15.6 Å². The Morgan fingerprint density at radius 1 is 1.36 bits per heavy atom. The van der Waals surface area contributed by atoms with Crippen LogP contribution in [-0.2, 0) is 0 Å². The Morgan fingerprint density at radius 2 is 2.14 bits per heavy atom. The first kappa shape index (κ1) is 8.55. The molecule has 2 rings (SSSR count). The van der Waals surface area contributed by atoms with Crippen LogP contribution in [0, 0.1) is 0 Å². The highest BCUT2D eigenvalue weighted by Gasteiger charge is 2.06. The molecule has 0 fully saturated rings. The number of aromatic hydroxyl groups is 1. The van der Waals surface area contributed by atoms with Crippen LogP contribution < -0.4 is 10.5 Å². The molecule has 0 unspecified atom stereocenters. The number of phenolic OH excluding ortho intramolecular Hbond substituents is 1. The summed E-state index contributed by atoms with van der Waals surface area (Å²) in [6.07, 6.45) is 0. The Labute approximate surface area is 80.2 Å². The van der Waals surface area contributed by atoms with Gasteiger partial charge in [0.25, 0.3) is 0 Å². The number of benzene rings is 1. The van der Waals surface area contributed by atoms with Gasteiger partial charge in [-0.2, -0.15) is 4.98 Å². The minimum Gasteiger partial charge on any atom is -0.508 e. The molecule has 1 aromatic heterocycles. The lowest BCUT2D eigenvalue weighted by Gasteiger charge is -2.04. The fourth-order valence-corrected chi connectivity index (χ4v) is 1.26. The van der Waals surface area contributed by atoms with Crippen molar-refractivity contribution in [3.05, 3.63) is 18.2 Å². The van der Waals surface area contributed by atoms with E-state index in [4.69, 9.17) is 10.5 Å². The van der Waals surface area contributed by atoms with Crippen LogP contribution in [0.2, 0.25) is 0 Å². The SMILES string of the molecule is COc1nc(N)nc2ccc(O)cc12. The van der Waals surface area contributed by atoms with E-state index in [2.05, 4.69) is 9.97 Å². The van der Waals surface area contributed by atoms with Gasteiger partial charge in [-0.3, -0.25) is 0 Å². The van der Waals surface area contributed by atoms with Crippen LogP contribution in [0.15, 0.2) is 18.2 Å². The summed E-state index contributed by atoms with van der Waals surface area (Å²) in [7, 11) is 1.49. The number of nitrogen functional groups attached to an aromatic ring is 1. The molecule has 0 aliphatic heterocycles. The fourth-order valence-electron chi connectivity index (χ4n) is 1.26. The fraction of sp³-hybridized carbons (Fsp3) is 0.111. The van der Waals surface area contributed by atoms with Crippen LogP contribution in [0.1, 0.15) is 0 Å². The number of hydrogen-bond acceptors (Lipinski definition) is 5. The number of nitrogens with two attached hydrogens (primary N) is 1. The van der Waals surface area contributed by atoms with Crippen LogP contribution in [0.3, 0.4) is 0 Å². The van der Waals surface area contributed by atoms with Crippen molar-refractivity contribution in [3.63, 3.8) is 0 Å². The minimum atomic E-state index is 0.143. The molecular formula is C9H9N3O2. The van der Waals surface area contributed by atoms with E-state index in [-0.39, 0.29) is 11.7 Å². The van der Waals surface area contributed by atoms with Crippen molar-refractivity contribution >= 4 is 16.9 Å². The molecular weight excluding hydrogens is 182 g/mol. The predicted octanol–water partition coefficient (Wildman–Crippen LogP) is 0.926. The number of ether oxygens (including phenoxy) is 1. The minimum absolute atomic E-state index is 0.143. The second kappa shape index (κ2) is 3.02. The van der Waals surface area contributed by atoms with E-state index < -0.39 is 0 Å². The molecule has 0 bridgehead atoms. The number of phenols is 1. The molecule has 1 heterocycles. The number of nitrogens with zero attached hydrogens (tertiary/aromatic N) is 2. The quantitative estimate of drug-likeness (QED) is 0.700. The summed E-state index contributed by atoms with van der Waals surface area (Å²) in [5.41, 5.74) is 6.12. The van der Waals surface area contributed by atoms with Gasteiger partial charge in [-0.1, -0.05) is 0 Å². The van der Waals surface area contributed by atoms with Crippen molar-refractivity contribution < 1.29 is 9.84 Å². The molecule has 0 saturated carbocycles. The molecule has 0 radical (unpaired) electrons. The number of anilines is 1. The largest absolute Gasteiger partial charge is 0.508 e. The molecule has 0 amide bonds. The Bertz CT molecular complexity index is 485. The van der Waals surface area contributed by atoms with E-state index in [1.807, 2.05) is 0 Å². The summed E-state index contributed by atoms with van der Waals surface area (Å²) >= 11 is 0. The second-order valence-corrected chi connectivity index (χ2v) is 2.79. The van der Waals surface area contributed by atoms with Crippen LogP contribution in [0.25, 0.3) is 10.9 Å². The van der Waals surface area contributed by atoms with E-state index in [9.17, 15) is 5.11 Å². The number of fused-ring (bicyclic) bond motifs is 1. The highest BCUT2D eigenvalue weighted by atomic mass is 16.5. The van der Waals surface area contributed by atoms with Gasteiger partial charge in [0.05, 0.1) is 18.0 Å². The maximum atomic E-state index is 9.28. The first-order valence-electron chi connectivity index (χ1n) is 4.01. The van der Waals surface area contributed by atoms with Gasteiger partial charge in [-0.25, -0.2) is 4.98 Å². The Kier molecular flexibility index (Phi) is 1.85. The van der Waals surface area contributed by atoms with Crippen molar-refractivity contribution in [3.8, 4) is 11.6 Å². The van der Waals surface area contributed by atoms with E-state index >= 15 is 0 Å². The maximum Gasteiger partial charge on any atom is 0.226 e. The highest BCUT2D eigenvalue weighted by molar-refractivity contribution is 5.85. The van der Waals surface area contributed by atoms with E-state index in [1.54, 1.807) is 6.07 Å². The average molecular weight is 191 g/mol. The van der Waals surface area contributed by atoms with Gasteiger partial charge in [-0.15, -0.1) is 0 Å². The summed E-state index contributed by atoms with van der Waals surface area (Å²) in [5, 5.41) is 9.92. The molecule has 5 nitrogen and oxygen atoms in total. The predicted molar refractivity (Wildman–Crippen MR) is 52.2 cm³/mol. The summed E-state index contributed by atoms with van der Waals surface area (Å²) in [5.74, 6) is 0.660. The molecule has 2 aromatic rings. The summed E-state index contributed by atoms with van der Waals surface area (Å²) in [4.78, 5) is 7.90. The molecule has 0 aliphatic carbocycles. The third kappa shape index (κ3) is 1.28. The molecule has 0 saturated heterocycles. The van der Waals surface area contributed by atoms with Gasteiger partial charge in [0, 0.05) is 0 Å². The molecule has 0 spiro atoms. The monoisotopic (exact) mass is 191 g/mol. The van der Waals surface area contributed by atoms with Gasteiger partial charge in [0.15, 0.2) is 0 Å². The van der Waals surface area contributed by atoms with Gasteiger partial charge >= 0.3 is 0 Å². The van der Waals surface area contributed by atoms with E-state index in [0.717, 1.165) is 0 Å². The van der Waals surface area contributed by atoms with Gasteiger partial charge in [-0.05, 0) is 18.2 Å². The Hall–Kier alpha value is -2.04. The van der Waals surface area contributed by atoms with Crippen molar-refractivity contribution in [2.24, 2.45) is 0 Å².